The summed E-state index contributed by atoms with van der Waals surface area (Å²) < 4.78 is 0. The molecule has 6 rings (SSSR count). The quantitative estimate of drug-likeness (QED) is 0.777. The fourth-order valence-electron chi connectivity index (χ4n) is 9.13. The standard InChI is InChI=1S/C20H32O2/c1-17(11-21)5-4-6-18(2)15-7-12-13-8-20(15,10-19(12,13)3)9-14(22)16(17)18/h12-16,21-22H,4-11H2,1-3H3/t12-,13?,14-,15+,16-,17+,18+,19-,20-/m1/s1. The Balaban J connectivity index is 1.59. The van der Waals surface area contributed by atoms with E-state index in [0.717, 1.165) is 30.6 Å². The van der Waals surface area contributed by atoms with E-state index in [4.69, 9.17) is 0 Å². The summed E-state index contributed by atoms with van der Waals surface area (Å²) >= 11 is 0. The Labute approximate surface area is 134 Å². The van der Waals surface area contributed by atoms with Crippen molar-refractivity contribution in [3.05, 3.63) is 0 Å². The van der Waals surface area contributed by atoms with Crippen molar-refractivity contribution in [2.75, 3.05) is 6.61 Å². The number of aliphatic hydroxyl groups is 2. The second-order valence-electron chi connectivity index (χ2n) is 10.7. The first kappa shape index (κ1) is 14.3. The minimum Gasteiger partial charge on any atom is -0.396 e. The molecule has 6 aliphatic rings. The highest BCUT2D eigenvalue weighted by atomic mass is 16.3. The molecule has 2 N–H and O–H groups in total. The van der Waals surface area contributed by atoms with Gasteiger partial charge in [0.05, 0.1) is 6.10 Å². The zero-order chi connectivity index (χ0) is 15.5. The summed E-state index contributed by atoms with van der Waals surface area (Å²) in [7, 11) is 0. The van der Waals surface area contributed by atoms with Crippen LogP contribution in [0.2, 0.25) is 0 Å². The summed E-state index contributed by atoms with van der Waals surface area (Å²) in [6.45, 7) is 7.49. The normalized spacial score (nSPS) is 68.3. The van der Waals surface area contributed by atoms with Crippen LogP contribution in [0, 0.1) is 45.3 Å². The Morgan fingerprint density at radius 3 is 2.41 bits per heavy atom. The molecule has 22 heavy (non-hydrogen) atoms. The van der Waals surface area contributed by atoms with Crippen molar-refractivity contribution in [1.29, 1.82) is 0 Å². The monoisotopic (exact) mass is 304 g/mol. The molecule has 0 saturated heterocycles. The topological polar surface area (TPSA) is 40.5 Å². The summed E-state index contributed by atoms with van der Waals surface area (Å²) in [5.74, 6) is 3.06. The van der Waals surface area contributed by atoms with Gasteiger partial charge in [0.1, 0.15) is 0 Å². The van der Waals surface area contributed by atoms with Gasteiger partial charge in [0, 0.05) is 6.61 Å². The maximum Gasteiger partial charge on any atom is 0.0585 e. The molecule has 0 aliphatic heterocycles. The molecule has 2 nitrogen and oxygen atoms in total. The summed E-state index contributed by atoms with van der Waals surface area (Å²) in [5.41, 5.74) is 1.25. The highest BCUT2D eigenvalue weighted by Gasteiger charge is 2.79. The molecule has 4 bridgehead atoms. The molecule has 1 spiro atoms. The van der Waals surface area contributed by atoms with Crippen LogP contribution in [0.5, 0.6) is 0 Å². The molecule has 0 radical (unpaired) electrons. The van der Waals surface area contributed by atoms with Gasteiger partial charge in [-0.15, -0.1) is 0 Å². The van der Waals surface area contributed by atoms with E-state index in [-0.39, 0.29) is 23.5 Å². The van der Waals surface area contributed by atoms with Gasteiger partial charge in [-0.1, -0.05) is 27.2 Å². The van der Waals surface area contributed by atoms with E-state index in [1.54, 1.807) is 0 Å². The Morgan fingerprint density at radius 1 is 1.00 bits per heavy atom. The van der Waals surface area contributed by atoms with Crippen LogP contribution in [0.1, 0.15) is 65.7 Å². The molecule has 0 aromatic rings. The van der Waals surface area contributed by atoms with Crippen LogP contribution in [0.3, 0.4) is 0 Å². The number of fused-ring (bicyclic) bond motifs is 1. The Hall–Kier alpha value is -0.0800. The second kappa shape index (κ2) is 3.77. The highest BCUT2D eigenvalue weighted by Crippen LogP contribution is 2.85. The van der Waals surface area contributed by atoms with Crippen LogP contribution < -0.4 is 0 Å². The number of hydrogen-bond acceptors (Lipinski definition) is 2. The lowest BCUT2D eigenvalue weighted by Gasteiger charge is -2.67. The Kier molecular flexibility index (Phi) is 2.45. The summed E-state index contributed by atoms with van der Waals surface area (Å²) in [6.07, 6.45) is 8.61. The predicted octanol–water partition coefficient (Wildman–Crippen LogP) is 3.61. The van der Waals surface area contributed by atoms with Crippen LogP contribution in [-0.4, -0.2) is 22.9 Å². The summed E-state index contributed by atoms with van der Waals surface area (Å²) in [5, 5.41) is 21.3. The Morgan fingerprint density at radius 2 is 1.77 bits per heavy atom. The van der Waals surface area contributed by atoms with E-state index in [1.807, 2.05) is 0 Å². The molecule has 0 aromatic heterocycles. The fourth-order valence-corrected chi connectivity index (χ4v) is 9.13. The zero-order valence-corrected chi connectivity index (χ0v) is 14.4. The minimum atomic E-state index is -0.198. The van der Waals surface area contributed by atoms with E-state index < -0.39 is 0 Å². The zero-order valence-electron chi connectivity index (χ0n) is 14.4. The third-order valence-electron chi connectivity index (χ3n) is 9.74. The molecule has 0 amide bonds. The smallest absolute Gasteiger partial charge is 0.0585 e. The summed E-state index contributed by atoms with van der Waals surface area (Å²) in [4.78, 5) is 0. The van der Waals surface area contributed by atoms with Gasteiger partial charge in [0.2, 0.25) is 0 Å². The third kappa shape index (κ3) is 1.34. The number of hydrogen-bond donors (Lipinski definition) is 2. The molecule has 9 atom stereocenters. The van der Waals surface area contributed by atoms with E-state index in [1.165, 1.54) is 32.1 Å². The molecule has 6 saturated carbocycles. The van der Waals surface area contributed by atoms with Crippen LogP contribution in [0.25, 0.3) is 0 Å². The van der Waals surface area contributed by atoms with Crippen molar-refractivity contribution in [3.8, 4) is 0 Å². The van der Waals surface area contributed by atoms with Gasteiger partial charge in [-0.3, -0.25) is 0 Å². The summed E-state index contributed by atoms with van der Waals surface area (Å²) in [6, 6.07) is 0. The average molecular weight is 304 g/mol. The first-order chi connectivity index (χ1) is 10.3. The van der Waals surface area contributed by atoms with Gasteiger partial charge in [-0.25, -0.2) is 0 Å². The lowest BCUT2D eigenvalue weighted by Crippen LogP contribution is -2.63. The maximum absolute atomic E-state index is 11.2. The molecular formula is C20H32O2. The van der Waals surface area contributed by atoms with Crippen LogP contribution >= 0.6 is 0 Å². The van der Waals surface area contributed by atoms with Gasteiger partial charge in [-0.2, -0.15) is 0 Å². The van der Waals surface area contributed by atoms with E-state index in [0.29, 0.717) is 16.7 Å². The molecule has 0 heterocycles. The molecule has 6 fully saturated rings. The van der Waals surface area contributed by atoms with Crippen molar-refractivity contribution < 1.29 is 10.2 Å². The van der Waals surface area contributed by atoms with E-state index in [2.05, 4.69) is 20.8 Å². The molecule has 0 aromatic carbocycles. The van der Waals surface area contributed by atoms with Gasteiger partial charge in [0.15, 0.2) is 0 Å². The number of aliphatic hydroxyl groups excluding tert-OH is 2. The van der Waals surface area contributed by atoms with Crippen LogP contribution in [0.4, 0.5) is 0 Å². The second-order valence-corrected chi connectivity index (χ2v) is 10.7. The van der Waals surface area contributed by atoms with Crippen molar-refractivity contribution in [3.63, 3.8) is 0 Å². The molecule has 2 heteroatoms. The van der Waals surface area contributed by atoms with Crippen LogP contribution in [0.15, 0.2) is 0 Å². The molecular weight excluding hydrogens is 272 g/mol. The molecule has 6 aliphatic carbocycles. The highest BCUT2D eigenvalue weighted by molar-refractivity contribution is 5.27. The maximum atomic E-state index is 11.2. The number of rotatable bonds is 1. The van der Waals surface area contributed by atoms with Crippen molar-refractivity contribution in [2.24, 2.45) is 45.3 Å². The van der Waals surface area contributed by atoms with Gasteiger partial charge in [-0.05, 0) is 83.9 Å². The Bertz CT molecular complexity index is 532. The van der Waals surface area contributed by atoms with E-state index in [9.17, 15) is 10.2 Å². The first-order valence-electron chi connectivity index (χ1n) is 9.58. The van der Waals surface area contributed by atoms with Gasteiger partial charge in [0.25, 0.3) is 0 Å². The fraction of sp³-hybridized carbons (Fsp3) is 1.00. The lowest BCUT2D eigenvalue weighted by atomic mass is 9.39. The van der Waals surface area contributed by atoms with E-state index >= 15 is 0 Å². The lowest BCUT2D eigenvalue weighted by molar-refractivity contribution is -0.218. The molecule has 1 unspecified atom stereocenters. The average Bonchev–Trinajstić information content (AvgIpc) is 2.89. The van der Waals surface area contributed by atoms with Crippen LogP contribution in [-0.2, 0) is 0 Å². The first-order valence-corrected chi connectivity index (χ1v) is 9.58. The largest absolute Gasteiger partial charge is 0.396 e. The van der Waals surface area contributed by atoms with Crippen molar-refractivity contribution in [1.82, 2.24) is 0 Å². The van der Waals surface area contributed by atoms with Crippen molar-refractivity contribution >= 4 is 0 Å². The third-order valence-corrected chi connectivity index (χ3v) is 9.74. The predicted molar refractivity (Wildman–Crippen MR) is 86.1 cm³/mol. The van der Waals surface area contributed by atoms with Gasteiger partial charge >= 0.3 is 0 Å². The van der Waals surface area contributed by atoms with Gasteiger partial charge < -0.3 is 10.2 Å². The SMILES string of the molecule is C[C@@]1(CO)CCC[C@]2(C)[C@@H]1[C@H](O)C[C@@]13CC4[C@@H](C[C@H]12)[C@@]4(C)C3. The minimum absolute atomic E-state index is 0.0680. The molecule has 124 valence electrons. The van der Waals surface area contributed by atoms with Crippen molar-refractivity contribution in [2.45, 2.75) is 71.8 Å².